The number of hydrogen-bond acceptors (Lipinski definition) is 6. The van der Waals surface area contributed by atoms with Gasteiger partial charge in [0.05, 0.1) is 12.2 Å². The maximum absolute atomic E-state index is 11.9. The van der Waals surface area contributed by atoms with E-state index in [1.54, 1.807) is 0 Å². The largest absolute Gasteiger partial charge is 0.463 e. The molecule has 6 nitrogen and oxygen atoms in total. The minimum absolute atomic E-state index is 0.135. The molecule has 6 heteroatoms. The fourth-order valence-electron chi connectivity index (χ4n) is 4.64. The number of rotatable bonds is 28. The number of allylic oxidation sites excluding steroid dienone is 5. The number of esters is 2. The summed E-state index contributed by atoms with van der Waals surface area (Å²) in [6, 6.07) is 0. The zero-order chi connectivity index (χ0) is 29.8. The number of carbonyl (C=O) groups excluding carboxylic acids is 2. The van der Waals surface area contributed by atoms with Crippen molar-refractivity contribution < 1.29 is 28.9 Å². The normalized spacial score (nSPS) is 17.5. The van der Waals surface area contributed by atoms with Crippen molar-refractivity contribution in [2.45, 2.75) is 161 Å². The molecule has 1 saturated heterocycles. The third-order valence-electron chi connectivity index (χ3n) is 7.30. The molecule has 0 aromatic rings. The number of aliphatic hydroxyl groups is 1. The summed E-state index contributed by atoms with van der Waals surface area (Å²) in [5.74, 6) is -0.639. The summed E-state index contributed by atoms with van der Waals surface area (Å²) in [5.41, 5.74) is 0. The number of carbonyl (C=O) groups is 2. The van der Waals surface area contributed by atoms with E-state index in [1.807, 2.05) is 0 Å². The molecule has 0 radical (unpaired) electrons. The first-order chi connectivity index (χ1) is 20.1. The molecule has 0 amide bonds. The SMILES string of the molecule is CCCCCCCCCCCC(=O)OC[C@@H](O)COC(=O)CCC/C=C\C/C=C\C/C=C\CC1OC1CCCCC. The maximum Gasteiger partial charge on any atom is 0.305 e. The van der Waals surface area contributed by atoms with Crippen molar-refractivity contribution in [1.29, 1.82) is 0 Å². The van der Waals surface area contributed by atoms with Gasteiger partial charge >= 0.3 is 11.9 Å². The molecule has 236 valence electrons. The van der Waals surface area contributed by atoms with E-state index in [0.29, 0.717) is 31.5 Å². The van der Waals surface area contributed by atoms with Crippen LogP contribution in [-0.4, -0.2) is 48.6 Å². The Kier molecular flexibility index (Phi) is 24.4. The number of epoxide rings is 1. The van der Waals surface area contributed by atoms with Crippen LogP contribution < -0.4 is 0 Å². The number of hydrogen-bond donors (Lipinski definition) is 1. The van der Waals surface area contributed by atoms with E-state index in [4.69, 9.17) is 14.2 Å². The number of aliphatic hydroxyl groups excluding tert-OH is 1. The van der Waals surface area contributed by atoms with Crippen LogP contribution in [0.25, 0.3) is 0 Å². The summed E-state index contributed by atoms with van der Waals surface area (Å²) in [4.78, 5) is 23.7. The highest BCUT2D eigenvalue weighted by atomic mass is 16.6. The molecular weight excluding hydrogens is 516 g/mol. The van der Waals surface area contributed by atoms with Gasteiger partial charge in [0.25, 0.3) is 0 Å². The third-order valence-corrected chi connectivity index (χ3v) is 7.30. The zero-order valence-electron chi connectivity index (χ0n) is 26.2. The van der Waals surface area contributed by atoms with E-state index >= 15 is 0 Å². The molecule has 1 aliphatic rings. The molecule has 41 heavy (non-hydrogen) atoms. The Hall–Kier alpha value is -1.92. The van der Waals surface area contributed by atoms with E-state index in [0.717, 1.165) is 44.9 Å². The lowest BCUT2D eigenvalue weighted by atomic mass is 10.1. The Labute approximate surface area is 251 Å². The average Bonchev–Trinajstić information content (AvgIpc) is 3.72. The summed E-state index contributed by atoms with van der Waals surface area (Å²) in [5, 5.41) is 9.93. The summed E-state index contributed by atoms with van der Waals surface area (Å²) >= 11 is 0. The van der Waals surface area contributed by atoms with Crippen molar-refractivity contribution >= 4 is 11.9 Å². The number of ether oxygens (including phenoxy) is 3. The maximum atomic E-state index is 11.9. The van der Waals surface area contributed by atoms with Gasteiger partial charge in [0.15, 0.2) is 0 Å². The lowest BCUT2D eigenvalue weighted by Gasteiger charge is -2.12. The highest BCUT2D eigenvalue weighted by Crippen LogP contribution is 2.30. The van der Waals surface area contributed by atoms with Gasteiger partial charge in [-0.15, -0.1) is 0 Å². The number of unbranched alkanes of at least 4 members (excludes halogenated alkanes) is 11. The predicted molar refractivity (Wildman–Crippen MR) is 168 cm³/mol. The lowest BCUT2D eigenvalue weighted by Crippen LogP contribution is -2.25. The molecule has 1 fully saturated rings. The fourth-order valence-corrected chi connectivity index (χ4v) is 4.64. The van der Waals surface area contributed by atoms with Crippen LogP contribution >= 0.6 is 0 Å². The van der Waals surface area contributed by atoms with Gasteiger partial charge in [-0.1, -0.05) is 121 Å². The molecule has 1 aliphatic heterocycles. The van der Waals surface area contributed by atoms with Crippen LogP contribution in [0, 0.1) is 0 Å². The molecule has 0 saturated carbocycles. The van der Waals surface area contributed by atoms with Gasteiger partial charge in [-0.25, -0.2) is 0 Å². The fraction of sp³-hybridized carbons (Fsp3) is 0.771. The van der Waals surface area contributed by atoms with Gasteiger partial charge in [0.1, 0.15) is 19.3 Å². The second kappa shape index (κ2) is 26.9. The Morgan fingerprint density at radius 1 is 0.659 bits per heavy atom. The van der Waals surface area contributed by atoms with Gasteiger partial charge in [0, 0.05) is 12.8 Å². The van der Waals surface area contributed by atoms with Crippen LogP contribution in [0.1, 0.15) is 142 Å². The monoisotopic (exact) mass is 576 g/mol. The van der Waals surface area contributed by atoms with Gasteiger partial charge in [-0.3, -0.25) is 9.59 Å². The minimum Gasteiger partial charge on any atom is -0.463 e. The van der Waals surface area contributed by atoms with Crippen molar-refractivity contribution in [3.05, 3.63) is 36.5 Å². The van der Waals surface area contributed by atoms with E-state index in [-0.39, 0.29) is 25.2 Å². The molecule has 1 N–H and O–H groups in total. The van der Waals surface area contributed by atoms with Crippen LogP contribution in [0.5, 0.6) is 0 Å². The topological polar surface area (TPSA) is 85.4 Å². The van der Waals surface area contributed by atoms with Gasteiger partial charge in [-0.2, -0.15) is 0 Å². The first kappa shape index (κ1) is 37.1. The Morgan fingerprint density at radius 2 is 1.17 bits per heavy atom. The molecule has 0 aliphatic carbocycles. The molecule has 0 aromatic heterocycles. The summed E-state index contributed by atoms with van der Waals surface area (Å²) in [7, 11) is 0. The van der Waals surface area contributed by atoms with Crippen molar-refractivity contribution in [1.82, 2.24) is 0 Å². The van der Waals surface area contributed by atoms with E-state index < -0.39 is 6.10 Å². The Bertz CT molecular complexity index is 728. The van der Waals surface area contributed by atoms with Gasteiger partial charge in [-0.05, 0) is 44.9 Å². The molecule has 0 spiro atoms. The van der Waals surface area contributed by atoms with Crippen LogP contribution in [0.3, 0.4) is 0 Å². The molecule has 0 aromatic carbocycles. The van der Waals surface area contributed by atoms with Crippen molar-refractivity contribution in [2.24, 2.45) is 0 Å². The van der Waals surface area contributed by atoms with Crippen molar-refractivity contribution in [2.75, 3.05) is 13.2 Å². The Balaban J connectivity index is 1.89. The summed E-state index contributed by atoms with van der Waals surface area (Å²) < 4.78 is 15.9. The predicted octanol–water partition coefficient (Wildman–Crippen LogP) is 8.71. The Morgan fingerprint density at radius 3 is 1.80 bits per heavy atom. The van der Waals surface area contributed by atoms with Gasteiger partial charge in [0.2, 0.25) is 0 Å². The smallest absolute Gasteiger partial charge is 0.305 e. The standard InChI is InChI=1S/C35H60O6/c1-3-5-7-8-9-12-16-19-23-27-34(37)39-29-31(36)30-40-35(38)28-24-20-17-14-11-10-13-15-18-22-26-33-32(41-33)25-21-6-4-2/h10,13-14,17-18,22,31-33,36H,3-9,11-12,15-16,19-21,23-30H2,1-2H3/b13-10-,17-14-,22-18-/t31-,32?,33?/m1/s1. The molecule has 3 atom stereocenters. The van der Waals surface area contributed by atoms with E-state index in [2.05, 4.69) is 50.3 Å². The first-order valence-electron chi connectivity index (χ1n) is 16.7. The van der Waals surface area contributed by atoms with E-state index in [9.17, 15) is 14.7 Å². The molecule has 1 rings (SSSR count). The summed E-state index contributed by atoms with van der Waals surface area (Å²) in [6.07, 6.45) is 33.7. The highest BCUT2D eigenvalue weighted by Gasteiger charge is 2.36. The summed E-state index contributed by atoms with van der Waals surface area (Å²) in [6.45, 7) is 4.17. The molecule has 0 bridgehead atoms. The highest BCUT2D eigenvalue weighted by molar-refractivity contribution is 5.69. The van der Waals surface area contributed by atoms with Crippen LogP contribution in [0.2, 0.25) is 0 Å². The van der Waals surface area contributed by atoms with Crippen molar-refractivity contribution in [3.8, 4) is 0 Å². The second-order valence-corrected chi connectivity index (χ2v) is 11.3. The van der Waals surface area contributed by atoms with E-state index in [1.165, 1.54) is 64.2 Å². The van der Waals surface area contributed by atoms with Crippen LogP contribution in [0.4, 0.5) is 0 Å². The first-order valence-corrected chi connectivity index (χ1v) is 16.7. The zero-order valence-corrected chi connectivity index (χ0v) is 26.2. The molecule has 2 unspecified atom stereocenters. The lowest BCUT2D eigenvalue weighted by molar-refractivity contribution is -0.152. The minimum atomic E-state index is -0.984. The second-order valence-electron chi connectivity index (χ2n) is 11.3. The molecule has 1 heterocycles. The third kappa shape index (κ3) is 24.4. The molecular formula is C35H60O6. The average molecular weight is 577 g/mol. The quantitative estimate of drug-likeness (QED) is 0.0434. The van der Waals surface area contributed by atoms with Crippen LogP contribution in [-0.2, 0) is 23.8 Å². The van der Waals surface area contributed by atoms with Crippen molar-refractivity contribution in [3.63, 3.8) is 0 Å². The van der Waals surface area contributed by atoms with Crippen LogP contribution in [0.15, 0.2) is 36.5 Å². The van der Waals surface area contributed by atoms with Gasteiger partial charge < -0.3 is 19.3 Å².